The molecule has 104 valence electrons. The van der Waals surface area contributed by atoms with Crippen LogP contribution in [0.25, 0.3) is 0 Å². The molecule has 19 heavy (non-hydrogen) atoms. The lowest BCUT2D eigenvalue weighted by molar-refractivity contribution is 0.613. The van der Waals surface area contributed by atoms with E-state index in [1.54, 1.807) is 22.7 Å². The van der Waals surface area contributed by atoms with Crippen LogP contribution in [0.15, 0.2) is 28.7 Å². The van der Waals surface area contributed by atoms with Gasteiger partial charge in [-0.3, -0.25) is 0 Å². The molecule has 1 nitrogen and oxygen atoms in total. The lowest BCUT2D eigenvalue weighted by Crippen LogP contribution is -2.21. The van der Waals surface area contributed by atoms with Crippen molar-refractivity contribution >= 4 is 86.4 Å². The molecule has 0 aliphatic rings. The van der Waals surface area contributed by atoms with Crippen molar-refractivity contribution in [1.29, 1.82) is 0 Å². The van der Waals surface area contributed by atoms with E-state index in [2.05, 4.69) is 88.1 Å². The first-order valence-electron chi connectivity index (χ1n) is 5.65. The Labute approximate surface area is 154 Å². The molecule has 0 unspecified atom stereocenters. The van der Waals surface area contributed by atoms with E-state index >= 15 is 0 Å². The average molecular weight is 553 g/mol. The molecule has 0 aromatic carbocycles. The van der Waals surface area contributed by atoms with E-state index in [-0.39, 0.29) is 6.04 Å². The Kier molecular flexibility index (Phi) is 6.58. The minimum Gasteiger partial charge on any atom is -0.305 e. The number of hydrogen-bond acceptors (Lipinski definition) is 3. The van der Waals surface area contributed by atoms with E-state index in [1.165, 1.54) is 9.75 Å². The van der Waals surface area contributed by atoms with E-state index in [0.717, 1.165) is 29.5 Å². The zero-order chi connectivity index (χ0) is 14.0. The predicted molar refractivity (Wildman–Crippen MR) is 99.6 cm³/mol. The summed E-state index contributed by atoms with van der Waals surface area (Å²) in [5, 5.41) is 3.62. The van der Waals surface area contributed by atoms with Crippen molar-refractivity contribution in [2.45, 2.75) is 19.4 Å². The van der Waals surface area contributed by atoms with Gasteiger partial charge in [0.1, 0.15) is 0 Å². The third-order valence-electron chi connectivity index (χ3n) is 2.50. The van der Waals surface area contributed by atoms with Gasteiger partial charge in [0, 0.05) is 18.7 Å². The van der Waals surface area contributed by atoms with Gasteiger partial charge in [0.2, 0.25) is 0 Å². The van der Waals surface area contributed by atoms with E-state index < -0.39 is 0 Å². The van der Waals surface area contributed by atoms with Crippen LogP contribution in [0.5, 0.6) is 0 Å². The Morgan fingerprint density at radius 2 is 1.47 bits per heavy atom. The molecule has 0 bridgehead atoms. The number of thiophene rings is 2. The molecule has 0 spiro atoms. The first-order valence-corrected chi connectivity index (χ1v) is 10.5. The molecule has 2 heterocycles. The molecule has 2 aromatic rings. The van der Waals surface area contributed by atoms with Crippen LogP contribution in [0.1, 0.15) is 29.1 Å². The van der Waals surface area contributed by atoms with Gasteiger partial charge in [-0.25, -0.2) is 0 Å². The minimum absolute atomic E-state index is 0.250. The van der Waals surface area contributed by atoms with Gasteiger partial charge in [-0.1, -0.05) is 6.92 Å². The summed E-state index contributed by atoms with van der Waals surface area (Å²) in [5.41, 5.74) is 0. The number of rotatable bonds is 5. The fraction of sp³-hybridized carbons (Fsp3) is 0.333. The van der Waals surface area contributed by atoms with Crippen LogP contribution in [-0.2, 0) is 0 Å². The normalized spacial score (nSPS) is 11.5. The maximum Gasteiger partial charge on any atom is 0.0843 e. The van der Waals surface area contributed by atoms with E-state index in [0.29, 0.717) is 0 Å². The summed E-state index contributed by atoms with van der Waals surface area (Å²) in [7, 11) is 0. The number of halogens is 4. The molecular formula is C12H11Br4NS2. The summed E-state index contributed by atoms with van der Waals surface area (Å²) in [6, 6.07) is 4.62. The highest BCUT2D eigenvalue weighted by Crippen LogP contribution is 2.42. The van der Waals surface area contributed by atoms with Crippen molar-refractivity contribution in [3.05, 3.63) is 38.4 Å². The van der Waals surface area contributed by atoms with Gasteiger partial charge in [0.25, 0.3) is 0 Å². The van der Waals surface area contributed by atoms with Gasteiger partial charge in [-0.15, -0.1) is 22.7 Å². The van der Waals surface area contributed by atoms with Gasteiger partial charge in [-0.2, -0.15) is 0 Å². The molecule has 7 heteroatoms. The van der Waals surface area contributed by atoms with Crippen LogP contribution < -0.4 is 5.32 Å². The Bertz CT molecular complexity index is 479. The highest BCUT2D eigenvalue weighted by Gasteiger charge is 2.20. The second-order valence-corrected chi connectivity index (χ2v) is 10.4. The summed E-state index contributed by atoms with van der Waals surface area (Å²) < 4.78 is 4.51. The van der Waals surface area contributed by atoms with E-state index in [9.17, 15) is 0 Å². The number of hydrogen-bond donors (Lipinski definition) is 1. The standard InChI is InChI=1S/C12H11Br4NS2/c1-2-3-17-10(8-4-6(13)11(15)18-8)9-5-7(14)12(16)19-9/h4-5,10,17H,2-3H2,1H3. The van der Waals surface area contributed by atoms with E-state index in [1.807, 2.05) is 0 Å². The van der Waals surface area contributed by atoms with Crippen LogP contribution >= 0.6 is 86.4 Å². The summed E-state index contributed by atoms with van der Waals surface area (Å²) in [6.07, 6.45) is 1.12. The SMILES string of the molecule is CCCNC(c1cc(Br)c(Br)s1)c1cc(Br)c(Br)s1. The fourth-order valence-corrected chi connectivity index (χ4v) is 6.08. The monoisotopic (exact) mass is 549 g/mol. The van der Waals surface area contributed by atoms with Crippen LogP contribution in [0, 0.1) is 0 Å². The second-order valence-electron chi connectivity index (χ2n) is 3.93. The molecule has 0 fully saturated rings. The largest absolute Gasteiger partial charge is 0.305 e. The van der Waals surface area contributed by atoms with Crippen LogP contribution in [-0.4, -0.2) is 6.54 Å². The zero-order valence-electron chi connectivity index (χ0n) is 9.97. The molecule has 2 rings (SSSR count). The summed E-state index contributed by atoms with van der Waals surface area (Å²) in [6.45, 7) is 3.19. The van der Waals surface area contributed by atoms with Crippen LogP contribution in [0.3, 0.4) is 0 Å². The molecule has 1 N–H and O–H groups in total. The third-order valence-corrected chi connectivity index (χ3v) is 9.14. The predicted octanol–water partition coefficient (Wildman–Crippen LogP) is 6.95. The lowest BCUT2D eigenvalue weighted by atomic mass is 10.2. The Hall–Kier alpha value is 1.28. The van der Waals surface area contributed by atoms with Crippen molar-refractivity contribution in [2.24, 2.45) is 0 Å². The molecular weight excluding hydrogens is 542 g/mol. The molecule has 0 radical (unpaired) electrons. The summed E-state index contributed by atoms with van der Waals surface area (Å²) >= 11 is 17.8. The van der Waals surface area contributed by atoms with Crippen LogP contribution in [0.2, 0.25) is 0 Å². The third kappa shape index (κ3) is 4.14. The Balaban J connectivity index is 2.34. The quantitative estimate of drug-likeness (QED) is 0.423. The Morgan fingerprint density at radius 3 is 1.79 bits per heavy atom. The maximum atomic E-state index is 3.62. The Morgan fingerprint density at radius 1 is 1.00 bits per heavy atom. The summed E-state index contributed by atoms with van der Waals surface area (Å²) in [5.74, 6) is 0. The van der Waals surface area contributed by atoms with Gasteiger partial charge < -0.3 is 5.32 Å². The van der Waals surface area contributed by atoms with Crippen molar-refractivity contribution in [3.63, 3.8) is 0 Å². The molecule has 0 atom stereocenters. The topological polar surface area (TPSA) is 12.0 Å². The van der Waals surface area contributed by atoms with Crippen molar-refractivity contribution < 1.29 is 0 Å². The van der Waals surface area contributed by atoms with Crippen LogP contribution in [0.4, 0.5) is 0 Å². The second kappa shape index (κ2) is 7.51. The number of nitrogens with one attached hydrogen (secondary N) is 1. The molecule has 0 aliphatic carbocycles. The van der Waals surface area contributed by atoms with E-state index in [4.69, 9.17) is 0 Å². The molecule has 0 saturated carbocycles. The fourth-order valence-electron chi connectivity index (χ4n) is 1.64. The molecule has 0 saturated heterocycles. The highest BCUT2D eigenvalue weighted by molar-refractivity contribution is 9.13. The van der Waals surface area contributed by atoms with Crippen molar-refractivity contribution in [3.8, 4) is 0 Å². The maximum absolute atomic E-state index is 3.62. The van der Waals surface area contributed by atoms with Crippen molar-refractivity contribution in [1.82, 2.24) is 5.32 Å². The molecule has 0 aliphatic heterocycles. The lowest BCUT2D eigenvalue weighted by Gasteiger charge is -2.15. The molecule has 0 amide bonds. The first kappa shape index (κ1) is 16.6. The smallest absolute Gasteiger partial charge is 0.0843 e. The highest BCUT2D eigenvalue weighted by atomic mass is 79.9. The summed E-state index contributed by atoms with van der Waals surface area (Å²) in [4.78, 5) is 2.63. The van der Waals surface area contributed by atoms with Crippen molar-refractivity contribution in [2.75, 3.05) is 6.54 Å². The first-order chi connectivity index (χ1) is 9.02. The molecule has 2 aromatic heterocycles. The zero-order valence-corrected chi connectivity index (χ0v) is 18.0. The van der Waals surface area contributed by atoms with Gasteiger partial charge in [-0.05, 0) is 88.8 Å². The van der Waals surface area contributed by atoms with Gasteiger partial charge in [0.05, 0.1) is 13.6 Å². The van der Waals surface area contributed by atoms with Gasteiger partial charge in [0.15, 0.2) is 0 Å². The average Bonchev–Trinajstić information content (AvgIpc) is 2.85. The minimum atomic E-state index is 0.250. The van der Waals surface area contributed by atoms with Gasteiger partial charge >= 0.3 is 0 Å².